The average molecular weight is 530 g/mol. The van der Waals surface area contributed by atoms with Crippen LogP contribution in [0.2, 0.25) is 14.0 Å². The fraction of sp³-hybridized carbons (Fsp3) is 0.278. The van der Waals surface area contributed by atoms with Crippen molar-refractivity contribution in [2.24, 2.45) is 0 Å². The molecular formula is C18H20ClFO2Pb. The van der Waals surface area contributed by atoms with Crippen LogP contribution < -0.4 is 3.12 Å². The molecule has 0 aliphatic rings. The van der Waals surface area contributed by atoms with Gasteiger partial charge in [-0.2, -0.15) is 0 Å². The van der Waals surface area contributed by atoms with E-state index in [4.69, 9.17) is 14.3 Å². The molecule has 122 valence electrons. The monoisotopic (exact) mass is 530 g/mol. The summed E-state index contributed by atoms with van der Waals surface area (Å²) in [7, 11) is 0. The minimum atomic E-state index is -3.37. The Bertz CT molecular complexity index is 744. The zero-order valence-corrected chi connectivity index (χ0v) is 18.4. The SMILES string of the molecule is CCc1ccc(-c2ccc(Cl)cc2F)c[c]1[Pb]([CH3])([CH3])[O]C(C)=O. The van der Waals surface area contributed by atoms with E-state index in [1.54, 1.807) is 12.1 Å². The van der Waals surface area contributed by atoms with Gasteiger partial charge < -0.3 is 0 Å². The van der Waals surface area contributed by atoms with E-state index in [0.717, 1.165) is 20.7 Å². The number of carbonyl (C=O) groups is 1. The molecule has 0 bridgehead atoms. The van der Waals surface area contributed by atoms with Crippen LogP contribution in [0.3, 0.4) is 0 Å². The third-order valence-electron chi connectivity index (χ3n) is 3.78. The van der Waals surface area contributed by atoms with Crippen molar-refractivity contribution >= 4 is 42.3 Å². The zero-order valence-electron chi connectivity index (χ0n) is 13.7. The molecule has 0 saturated heterocycles. The zero-order chi connectivity index (χ0) is 17.2. The molecule has 0 heterocycles. The fourth-order valence-electron chi connectivity index (χ4n) is 2.75. The molecule has 2 nitrogen and oxygen atoms in total. The third-order valence-corrected chi connectivity index (χ3v) is 14.0. The molecule has 0 spiro atoms. The number of benzene rings is 2. The van der Waals surface area contributed by atoms with Gasteiger partial charge in [-0.05, 0) is 0 Å². The van der Waals surface area contributed by atoms with E-state index in [-0.39, 0.29) is 11.8 Å². The molecule has 2 aromatic carbocycles. The van der Waals surface area contributed by atoms with Crippen LogP contribution in [0.5, 0.6) is 0 Å². The number of halogens is 2. The van der Waals surface area contributed by atoms with Gasteiger partial charge in [0.1, 0.15) is 0 Å². The average Bonchev–Trinajstić information content (AvgIpc) is 2.45. The molecule has 0 radical (unpaired) electrons. The summed E-state index contributed by atoms with van der Waals surface area (Å²) in [5, 5.41) is 0.372. The molecule has 0 amide bonds. The summed E-state index contributed by atoms with van der Waals surface area (Å²) >= 11 is 2.46. The predicted octanol–water partition coefficient (Wildman–Crippen LogP) is 4.68. The van der Waals surface area contributed by atoms with Crippen molar-refractivity contribution in [1.82, 2.24) is 0 Å². The summed E-state index contributed by atoms with van der Waals surface area (Å²) in [6.45, 7) is 3.51. The summed E-state index contributed by atoms with van der Waals surface area (Å²) < 4.78 is 25.1. The standard InChI is InChI=1S/C14H11ClF.C2H4O2.2CH3.Pb/c1-2-10-3-5-11(6-4-10)13-8-7-12(15)9-14(13)16;1-2(3)4;;;/h3,5-9H,2H2,1H3;1H3,(H,3,4);2*1H3;/q;;;;+1/p-1. The number of carbonyl (C=O) groups excluding carboxylic acids is 1. The molecule has 0 aromatic heterocycles. The van der Waals surface area contributed by atoms with Crippen LogP contribution in [0.25, 0.3) is 11.1 Å². The molecule has 2 aromatic rings. The summed E-state index contributed by atoms with van der Waals surface area (Å²) in [4.78, 5) is 11.4. The summed E-state index contributed by atoms with van der Waals surface area (Å²) in [6.07, 6.45) is 0.851. The predicted molar refractivity (Wildman–Crippen MR) is 95.1 cm³/mol. The quantitative estimate of drug-likeness (QED) is 0.538. The topological polar surface area (TPSA) is 26.3 Å². The van der Waals surface area contributed by atoms with Gasteiger partial charge in [-0.15, -0.1) is 0 Å². The molecular weight excluding hydrogens is 510 g/mol. The van der Waals surface area contributed by atoms with Crippen molar-refractivity contribution in [1.29, 1.82) is 0 Å². The van der Waals surface area contributed by atoms with Crippen LogP contribution in [-0.2, 0) is 13.9 Å². The van der Waals surface area contributed by atoms with E-state index in [1.807, 2.05) is 18.2 Å². The van der Waals surface area contributed by atoms with Gasteiger partial charge in [0.25, 0.3) is 0 Å². The van der Waals surface area contributed by atoms with E-state index < -0.39 is 21.6 Å². The maximum atomic E-state index is 14.2. The molecule has 0 fully saturated rings. The first-order valence-electron chi connectivity index (χ1n) is 7.53. The van der Waals surface area contributed by atoms with Crippen LogP contribution >= 0.6 is 11.6 Å². The van der Waals surface area contributed by atoms with Crippen LogP contribution in [0.15, 0.2) is 36.4 Å². The molecule has 5 heteroatoms. The van der Waals surface area contributed by atoms with Gasteiger partial charge in [-0.1, -0.05) is 0 Å². The number of hydrogen-bond donors (Lipinski definition) is 0. The molecule has 23 heavy (non-hydrogen) atoms. The Labute approximate surface area is 146 Å². The fourth-order valence-corrected chi connectivity index (χ4v) is 12.1. The Morgan fingerprint density at radius 3 is 2.48 bits per heavy atom. The van der Waals surface area contributed by atoms with Gasteiger partial charge in [0.05, 0.1) is 0 Å². The second-order valence-corrected chi connectivity index (χ2v) is 21.0. The van der Waals surface area contributed by atoms with Gasteiger partial charge in [0.15, 0.2) is 0 Å². The molecule has 0 N–H and O–H groups in total. The van der Waals surface area contributed by atoms with Gasteiger partial charge in [0.2, 0.25) is 0 Å². The Balaban J connectivity index is 2.57. The molecule has 0 aliphatic heterocycles. The van der Waals surface area contributed by atoms with E-state index in [2.05, 4.69) is 15.9 Å². The minimum absolute atomic E-state index is 0.248. The first-order chi connectivity index (χ1) is 10.7. The Kier molecular flexibility index (Phi) is 5.84. The Morgan fingerprint density at radius 2 is 1.91 bits per heavy atom. The first kappa shape index (κ1) is 18.4. The van der Waals surface area contributed by atoms with E-state index in [0.29, 0.717) is 10.6 Å². The molecule has 0 unspecified atom stereocenters. The van der Waals surface area contributed by atoms with Crippen LogP contribution in [0.1, 0.15) is 19.4 Å². The van der Waals surface area contributed by atoms with E-state index >= 15 is 0 Å². The van der Waals surface area contributed by atoms with Crippen LogP contribution in [0.4, 0.5) is 4.39 Å². The third kappa shape index (κ3) is 4.32. The van der Waals surface area contributed by atoms with Gasteiger partial charge in [-0.3, -0.25) is 0 Å². The summed E-state index contributed by atoms with van der Waals surface area (Å²) in [5.74, 6) is -0.601. The normalized spacial score (nSPS) is 11.4. The number of rotatable bonds is 4. The van der Waals surface area contributed by atoms with Crippen LogP contribution in [0, 0.1) is 5.82 Å². The summed E-state index contributed by atoms with van der Waals surface area (Å²) in [6, 6.07) is 10.6. The number of hydrogen-bond acceptors (Lipinski definition) is 2. The van der Waals surface area contributed by atoms with Crippen molar-refractivity contribution in [3.63, 3.8) is 0 Å². The van der Waals surface area contributed by atoms with Gasteiger partial charge >= 0.3 is 147 Å². The van der Waals surface area contributed by atoms with Gasteiger partial charge in [0, 0.05) is 0 Å². The second kappa shape index (κ2) is 7.30. The Hall–Kier alpha value is -0.948. The summed E-state index contributed by atoms with van der Waals surface area (Å²) in [5.41, 5.74) is 2.45. The number of aryl methyl sites for hydroxylation is 1. The molecule has 0 aliphatic carbocycles. The maximum absolute atomic E-state index is 14.2. The van der Waals surface area contributed by atoms with Crippen molar-refractivity contribution in [3.05, 3.63) is 52.8 Å². The van der Waals surface area contributed by atoms with Gasteiger partial charge in [-0.25, -0.2) is 0 Å². The molecule has 2 rings (SSSR count). The van der Waals surface area contributed by atoms with E-state index in [9.17, 15) is 9.18 Å². The molecule has 0 saturated carbocycles. The van der Waals surface area contributed by atoms with Crippen molar-refractivity contribution in [2.75, 3.05) is 0 Å². The van der Waals surface area contributed by atoms with Crippen molar-refractivity contribution in [3.8, 4) is 11.1 Å². The van der Waals surface area contributed by atoms with Crippen molar-refractivity contribution < 1.29 is 11.9 Å². The second-order valence-electron chi connectivity index (χ2n) is 5.95. The first-order valence-corrected chi connectivity index (χ1v) is 19.2. The Morgan fingerprint density at radius 1 is 1.22 bits per heavy atom. The van der Waals surface area contributed by atoms with Crippen LogP contribution in [-0.4, -0.2) is 27.6 Å². The van der Waals surface area contributed by atoms with E-state index in [1.165, 1.54) is 13.0 Å². The van der Waals surface area contributed by atoms with Crippen molar-refractivity contribution in [2.45, 2.75) is 29.2 Å². The molecule has 0 atom stereocenters.